The van der Waals surface area contributed by atoms with Crippen molar-refractivity contribution in [1.29, 1.82) is 0 Å². The van der Waals surface area contributed by atoms with Crippen molar-refractivity contribution in [3.63, 3.8) is 0 Å². The number of amides is 1. The van der Waals surface area contributed by atoms with Crippen molar-refractivity contribution < 1.29 is 13.2 Å². The van der Waals surface area contributed by atoms with Crippen LogP contribution in [0.25, 0.3) is 0 Å². The molecular formula is C12H18N2O3S2. The maximum atomic E-state index is 11.5. The zero-order valence-corrected chi connectivity index (χ0v) is 12.4. The molecule has 1 aliphatic heterocycles. The highest BCUT2D eigenvalue weighted by Gasteiger charge is 2.24. The average molecular weight is 302 g/mol. The van der Waals surface area contributed by atoms with Crippen molar-refractivity contribution in [2.75, 3.05) is 16.8 Å². The lowest BCUT2D eigenvalue weighted by atomic mass is 10.2. The number of hydrogen-bond acceptors (Lipinski definition) is 5. The molecule has 1 atom stereocenters. The van der Waals surface area contributed by atoms with Gasteiger partial charge in [-0.3, -0.25) is 4.79 Å². The number of sulfone groups is 1. The molecule has 0 bridgehead atoms. The Morgan fingerprint density at radius 1 is 1.53 bits per heavy atom. The Morgan fingerprint density at radius 2 is 2.32 bits per heavy atom. The molecule has 1 aliphatic rings. The summed E-state index contributed by atoms with van der Waals surface area (Å²) in [4.78, 5) is 12.1. The molecule has 5 nitrogen and oxygen atoms in total. The highest BCUT2D eigenvalue weighted by atomic mass is 32.2. The molecule has 1 aromatic rings. The van der Waals surface area contributed by atoms with Gasteiger partial charge in [-0.1, -0.05) is 0 Å². The third kappa shape index (κ3) is 4.29. The summed E-state index contributed by atoms with van der Waals surface area (Å²) in [7, 11) is -2.88. The zero-order valence-electron chi connectivity index (χ0n) is 10.8. The van der Waals surface area contributed by atoms with Gasteiger partial charge in [-0.15, -0.1) is 11.3 Å². The minimum Gasteiger partial charge on any atom is -0.325 e. The second-order valence-electron chi connectivity index (χ2n) is 4.77. The second kappa shape index (κ2) is 6.02. The topological polar surface area (TPSA) is 75.3 Å². The summed E-state index contributed by atoms with van der Waals surface area (Å²) in [6, 6.07) is 1.88. The van der Waals surface area contributed by atoms with Gasteiger partial charge in [0.1, 0.15) is 0 Å². The molecule has 106 valence electrons. The van der Waals surface area contributed by atoms with Crippen LogP contribution in [0.3, 0.4) is 0 Å². The Kier molecular flexibility index (Phi) is 4.59. The summed E-state index contributed by atoms with van der Waals surface area (Å²) in [5.41, 5.74) is 0.809. The van der Waals surface area contributed by atoms with E-state index in [0.717, 1.165) is 23.4 Å². The second-order valence-corrected chi connectivity index (χ2v) is 8.00. The molecular weight excluding hydrogens is 284 g/mol. The molecule has 1 unspecified atom stereocenters. The van der Waals surface area contributed by atoms with Gasteiger partial charge in [0.05, 0.1) is 17.2 Å². The Bertz CT molecular complexity index is 551. The maximum absolute atomic E-state index is 11.5. The molecule has 1 aromatic heterocycles. The monoisotopic (exact) mass is 302 g/mol. The van der Waals surface area contributed by atoms with Crippen molar-refractivity contribution >= 4 is 32.8 Å². The van der Waals surface area contributed by atoms with Crippen LogP contribution in [-0.4, -0.2) is 31.9 Å². The number of hydrogen-bond donors (Lipinski definition) is 2. The first kappa shape index (κ1) is 14.5. The van der Waals surface area contributed by atoms with E-state index in [4.69, 9.17) is 0 Å². The summed E-state index contributed by atoms with van der Waals surface area (Å²) in [6.07, 6.45) is 1.61. The highest BCUT2D eigenvalue weighted by molar-refractivity contribution is 7.91. The lowest BCUT2D eigenvalue weighted by molar-refractivity contribution is -0.114. The first-order valence-corrected chi connectivity index (χ1v) is 8.94. The van der Waals surface area contributed by atoms with Crippen LogP contribution in [0.5, 0.6) is 0 Å². The van der Waals surface area contributed by atoms with Gasteiger partial charge in [0.25, 0.3) is 0 Å². The van der Waals surface area contributed by atoms with E-state index in [2.05, 4.69) is 10.6 Å². The first-order valence-electron chi connectivity index (χ1n) is 6.24. The fraction of sp³-hybridized carbons (Fsp3) is 0.583. The van der Waals surface area contributed by atoms with E-state index in [1.54, 1.807) is 11.3 Å². The summed E-state index contributed by atoms with van der Waals surface area (Å²) >= 11 is 1.55. The summed E-state index contributed by atoms with van der Waals surface area (Å²) in [6.45, 7) is 2.07. The van der Waals surface area contributed by atoms with Gasteiger partial charge in [-0.05, 0) is 24.3 Å². The van der Waals surface area contributed by atoms with E-state index in [1.807, 2.05) is 11.4 Å². The van der Waals surface area contributed by atoms with Crippen molar-refractivity contribution in [2.24, 2.45) is 0 Å². The van der Waals surface area contributed by atoms with Crippen LogP contribution in [-0.2, 0) is 21.2 Å². The van der Waals surface area contributed by atoms with Gasteiger partial charge in [0.15, 0.2) is 9.84 Å². The minimum atomic E-state index is -2.88. The molecule has 1 fully saturated rings. The van der Waals surface area contributed by atoms with Crippen molar-refractivity contribution in [3.05, 3.63) is 16.3 Å². The van der Waals surface area contributed by atoms with Crippen molar-refractivity contribution in [3.8, 4) is 0 Å². The van der Waals surface area contributed by atoms with Crippen LogP contribution in [0.1, 0.15) is 24.6 Å². The lowest BCUT2D eigenvalue weighted by Crippen LogP contribution is -2.39. The molecule has 0 aromatic carbocycles. The van der Waals surface area contributed by atoms with Crippen molar-refractivity contribution in [2.45, 2.75) is 32.4 Å². The Balaban J connectivity index is 1.92. The molecule has 2 N–H and O–H groups in total. The maximum Gasteiger partial charge on any atom is 0.221 e. The number of anilines is 1. The average Bonchev–Trinajstić information content (AvgIpc) is 2.71. The Morgan fingerprint density at radius 3 is 3.00 bits per heavy atom. The predicted molar refractivity (Wildman–Crippen MR) is 77.1 cm³/mol. The molecule has 1 saturated heterocycles. The van der Waals surface area contributed by atoms with Crippen LogP contribution in [0.4, 0.5) is 5.69 Å². The highest BCUT2D eigenvalue weighted by Crippen LogP contribution is 2.23. The lowest BCUT2D eigenvalue weighted by Gasteiger charge is -2.23. The van der Waals surface area contributed by atoms with Gasteiger partial charge in [-0.25, -0.2) is 8.42 Å². The molecule has 2 rings (SSSR count). The summed E-state index contributed by atoms with van der Waals surface area (Å²) < 4.78 is 23.1. The van der Waals surface area contributed by atoms with Gasteiger partial charge < -0.3 is 10.6 Å². The smallest absolute Gasteiger partial charge is 0.221 e. The van der Waals surface area contributed by atoms with E-state index < -0.39 is 9.84 Å². The van der Waals surface area contributed by atoms with Crippen LogP contribution in [0.15, 0.2) is 11.4 Å². The standard InChI is InChI=1S/C12H18N2O3S2/c1-9(15)14-11-4-5-18-12(11)7-13-10-3-2-6-19(16,17)8-10/h4-5,10,13H,2-3,6-8H2,1H3,(H,14,15). The quantitative estimate of drug-likeness (QED) is 0.881. The van der Waals surface area contributed by atoms with Crippen LogP contribution in [0.2, 0.25) is 0 Å². The molecule has 2 heterocycles. The van der Waals surface area contributed by atoms with E-state index in [9.17, 15) is 13.2 Å². The van der Waals surface area contributed by atoms with E-state index >= 15 is 0 Å². The Labute approximate surface area is 117 Å². The molecule has 0 radical (unpaired) electrons. The van der Waals surface area contributed by atoms with Crippen LogP contribution in [0, 0.1) is 0 Å². The molecule has 0 aliphatic carbocycles. The SMILES string of the molecule is CC(=O)Nc1ccsc1CNC1CCCS(=O)(=O)C1. The largest absolute Gasteiger partial charge is 0.325 e. The minimum absolute atomic E-state index is 0.0195. The molecule has 19 heavy (non-hydrogen) atoms. The fourth-order valence-corrected chi connectivity index (χ4v) is 4.65. The van der Waals surface area contributed by atoms with Crippen LogP contribution >= 0.6 is 11.3 Å². The number of carbonyl (C=O) groups is 1. The summed E-state index contributed by atoms with van der Waals surface area (Å²) in [5, 5.41) is 7.96. The number of thiophene rings is 1. The molecule has 0 spiro atoms. The number of nitrogens with one attached hydrogen (secondary N) is 2. The van der Waals surface area contributed by atoms with Gasteiger partial charge in [0, 0.05) is 24.4 Å². The third-order valence-corrected chi connectivity index (χ3v) is 5.81. The van der Waals surface area contributed by atoms with E-state index in [0.29, 0.717) is 12.3 Å². The molecule has 7 heteroatoms. The number of rotatable bonds is 4. The normalized spacial score (nSPS) is 22.1. The molecule has 0 saturated carbocycles. The van der Waals surface area contributed by atoms with Gasteiger partial charge in [0.2, 0.25) is 5.91 Å². The van der Waals surface area contributed by atoms with Gasteiger partial charge in [-0.2, -0.15) is 0 Å². The van der Waals surface area contributed by atoms with E-state index in [-0.39, 0.29) is 17.7 Å². The molecule has 1 amide bonds. The fourth-order valence-electron chi connectivity index (χ4n) is 2.20. The summed E-state index contributed by atoms with van der Waals surface area (Å²) in [5.74, 6) is 0.426. The van der Waals surface area contributed by atoms with Gasteiger partial charge >= 0.3 is 0 Å². The number of carbonyl (C=O) groups excluding carboxylic acids is 1. The third-order valence-electron chi connectivity index (χ3n) is 3.07. The zero-order chi connectivity index (χ0) is 13.9. The van der Waals surface area contributed by atoms with E-state index in [1.165, 1.54) is 6.92 Å². The predicted octanol–water partition coefficient (Wildman–Crippen LogP) is 1.37. The van der Waals surface area contributed by atoms with Crippen LogP contribution < -0.4 is 10.6 Å². The Hall–Kier alpha value is -0.920. The van der Waals surface area contributed by atoms with Crippen molar-refractivity contribution in [1.82, 2.24) is 5.32 Å². The first-order chi connectivity index (χ1) is 8.96.